The van der Waals surface area contributed by atoms with Crippen LogP contribution in [0.5, 0.6) is 11.5 Å². The van der Waals surface area contributed by atoms with Crippen LogP contribution in [0.2, 0.25) is 0 Å². The van der Waals surface area contributed by atoms with E-state index < -0.39 is 0 Å². The fourth-order valence-electron chi connectivity index (χ4n) is 4.31. The topological polar surface area (TPSA) is 84.6 Å². The van der Waals surface area contributed by atoms with E-state index in [1.54, 1.807) is 12.1 Å². The first-order valence-corrected chi connectivity index (χ1v) is 9.47. The number of hydrogen-bond acceptors (Lipinski definition) is 5. The molecule has 4 rings (SSSR count). The van der Waals surface area contributed by atoms with E-state index in [-0.39, 0.29) is 34.2 Å². The van der Waals surface area contributed by atoms with Crippen LogP contribution in [-0.4, -0.2) is 17.1 Å². The number of fused-ring (bicyclic) bond motifs is 1. The number of ether oxygens (including phenoxy) is 1. The quantitative estimate of drug-likeness (QED) is 0.470. The van der Waals surface area contributed by atoms with Crippen molar-refractivity contribution >= 4 is 11.4 Å². The first kappa shape index (κ1) is 18.8. The molecule has 0 fully saturated rings. The maximum atomic E-state index is 11.7. The van der Waals surface area contributed by atoms with Gasteiger partial charge in [-0.05, 0) is 34.7 Å². The summed E-state index contributed by atoms with van der Waals surface area (Å²) in [5.74, 6) is 0.445. The maximum absolute atomic E-state index is 11.7. The fraction of sp³-hybridized carbons (Fsp3) is 0.217. The molecule has 0 saturated carbocycles. The lowest BCUT2D eigenvalue weighted by molar-refractivity contribution is -0.384. The molecule has 148 valence electrons. The Hall–Kier alpha value is -3.54. The Labute approximate surface area is 168 Å². The van der Waals surface area contributed by atoms with Crippen LogP contribution in [0.4, 0.5) is 11.4 Å². The van der Waals surface area contributed by atoms with Gasteiger partial charge in [-0.2, -0.15) is 0 Å². The molecule has 0 radical (unpaired) electrons. The van der Waals surface area contributed by atoms with E-state index in [2.05, 4.69) is 12.2 Å². The number of benzene rings is 3. The third kappa shape index (κ3) is 3.27. The number of hydrogen-bond donors (Lipinski definition) is 2. The number of methoxy groups -OCH3 is 1. The molecule has 3 aromatic rings. The lowest BCUT2D eigenvalue weighted by atomic mass is 9.72. The smallest absolute Gasteiger partial charge is 0.292 e. The number of nitrogens with one attached hydrogen (secondary N) is 1. The number of phenols is 1. The highest BCUT2D eigenvalue weighted by Crippen LogP contribution is 2.50. The van der Waals surface area contributed by atoms with Crippen LogP contribution in [0.15, 0.2) is 66.7 Å². The van der Waals surface area contributed by atoms with E-state index in [9.17, 15) is 15.2 Å². The van der Waals surface area contributed by atoms with Crippen molar-refractivity contribution in [2.24, 2.45) is 5.92 Å². The zero-order chi connectivity index (χ0) is 20.5. The third-order valence-electron chi connectivity index (χ3n) is 5.68. The van der Waals surface area contributed by atoms with E-state index >= 15 is 0 Å². The van der Waals surface area contributed by atoms with Crippen molar-refractivity contribution in [3.8, 4) is 11.5 Å². The minimum Gasteiger partial charge on any atom is -0.504 e. The van der Waals surface area contributed by atoms with Gasteiger partial charge in [-0.15, -0.1) is 0 Å². The number of nitro benzene ring substituents is 1. The second-order valence-corrected chi connectivity index (χ2v) is 7.30. The van der Waals surface area contributed by atoms with E-state index in [1.807, 2.05) is 48.5 Å². The molecule has 3 aromatic carbocycles. The normalized spacial score (nSPS) is 20.4. The summed E-state index contributed by atoms with van der Waals surface area (Å²) < 4.78 is 5.30. The molecule has 0 amide bonds. The van der Waals surface area contributed by atoms with Crippen LogP contribution >= 0.6 is 0 Å². The summed E-state index contributed by atoms with van der Waals surface area (Å²) in [5, 5.41) is 25.1. The van der Waals surface area contributed by atoms with Gasteiger partial charge in [-0.1, -0.05) is 55.5 Å². The highest BCUT2D eigenvalue weighted by atomic mass is 16.6. The van der Waals surface area contributed by atoms with Crippen molar-refractivity contribution < 1.29 is 14.8 Å². The van der Waals surface area contributed by atoms with Crippen LogP contribution in [0.3, 0.4) is 0 Å². The summed E-state index contributed by atoms with van der Waals surface area (Å²) in [4.78, 5) is 11.3. The predicted molar refractivity (Wildman–Crippen MR) is 112 cm³/mol. The predicted octanol–water partition coefficient (Wildman–Crippen LogP) is 5.24. The first-order chi connectivity index (χ1) is 14.0. The molecule has 0 saturated heterocycles. The summed E-state index contributed by atoms with van der Waals surface area (Å²) >= 11 is 0. The van der Waals surface area contributed by atoms with Gasteiger partial charge in [-0.3, -0.25) is 10.1 Å². The summed E-state index contributed by atoms with van der Waals surface area (Å²) in [7, 11) is 1.51. The highest BCUT2D eigenvalue weighted by Gasteiger charge is 2.38. The zero-order valence-corrected chi connectivity index (χ0v) is 16.2. The van der Waals surface area contributed by atoms with Crippen molar-refractivity contribution in [2.75, 3.05) is 12.4 Å². The molecule has 0 unspecified atom stereocenters. The minimum atomic E-state index is -0.349. The largest absolute Gasteiger partial charge is 0.504 e. The van der Waals surface area contributed by atoms with Crippen LogP contribution in [0.1, 0.15) is 35.6 Å². The molecule has 29 heavy (non-hydrogen) atoms. The van der Waals surface area contributed by atoms with Crippen LogP contribution in [-0.2, 0) is 0 Å². The van der Waals surface area contributed by atoms with Crippen molar-refractivity contribution in [1.82, 2.24) is 0 Å². The number of anilines is 1. The molecule has 1 heterocycles. The molecule has 3 atom stereocenters. The second-order valence-electron chi connectivity index (χ2n) is 7.30. The van der Waals surface area contributed by atoms with Gasteiger partial charge in [0.2, 0.25) is 0 Å². The molecular formula is C23H22N2O4. The fourth-order valence-corrected chi connectivity index (χ4v) is 4.31. The van der Waals surface area contributed by atoms with Crippen LogP contribution in [0, 0.1) is 16.0 Å². The average molecular weight is 390 g/mol. The Morgan fingerprint density at radius 3 is 2.48 bits per heavy atom. The molecule has 0 aliphatic carbocycles. The van der Waals surface area contributed by atoms with E-state index in [0.29, 0.717) is 11.4 Å². The summed E-state index contributed by atoms with van der Waals surface area (Å²) in [5.41, 5.74) is 3.48. The van der Waals surface area contributed by atoms with E-state index in [0.717, 1.165) is 16.7 Å². The number of nitro groups is 1. The van der Waals surface area contributed by atoms with Crippen LogP contribution in [0.25, 0.3) is 0 Å². The second kappa shape index (κ2) is 7.47. The number of phenolic OH excluding ortho intramolecular Hbond substituents is 1. The molecule has 1 aliphatic rings. The van der Waals surface area contributed by atoms with Gasteiger partial charge >= 0.3 is 0 Å². The molecule has 6 nitrogen and oxygen atoms in total. The highest BCUT2D eigenvalue weighted by molar-refractivity contribution is 5.71. The van der Waals surface area contributed by atoms with Crippen molar-refractivity contribution in [1.29, 1.82) is 0 Å². The molecule has 2 N–H and O–H groups in total. The number of aromatic hydroxyl groups is 1. The molecule has 0 spiro atoms. The average Bonchev–Trinajstić information content (AvgIpc) is 2.74. The molecule has 1 aliphatic heterocycles. The lowest BCUT2D eigenvalue weighted by Gasteiger charge is -2.39. The van der Waals surface area contributed by atoms with Gasteiger partial charge in [0.15, 0.2) is 11.5 Å². The molecule has 0 aromatic heterocycles. The summed E-state index contributed by atoms with van der Waals surface area (Å²) in [6.07, 6.45) is 0. The molecular weight excluding hydrogens is 368 g/mol. The monoisotopic (exact) mass is 390 g/mol. The Kier molecular flexibility index (Phi) is 4.84. The standard InChI is InChI=1S/C23H22N2O4/c1-14-21(16-11-12-19(26)20(13-16)29-2)17-9-6-10-18(25(27)28)23(17)24-22(14)15-7-4-3-5-8-15/h3-14,21-22,24,26H,1-2H3/t14-,21+,22-/m0/s1. The van der Waals surface area contributed by atoms with Crippen molar-refractivity contribution in [3.05, 3.63) is 93.5 Å². The van der Waals surface area contributed by atoms with Crippen molar-refractivity contribution in [3.63, 3.8) is 0 Å². The summed E-state index contributed by atoms with van der Waals surface area (Å²) in [6, 6.07) is 20.3. The first-order valence-electron chi connectivity index (χ1n) is 9.47. The van der Waals surface area contributed by atoms with Gasteiger partial charge < -0.3 is 15.2 Å². The van der Waals surface area contributed by atoms with Gasteiger partial charge in [0.05, 0.1) is 18.1 Å². The van der Waals surface area contributed by atoms with Gasteiger partial charge in [0.25, 0.3) is 5.69 Å². The third-order valence-corrected chi connectivity index (χ3v) is 5.68. The van der Waals surface area contributed by atoms with Crippen molar-refractivity contribution in [2.45, 2.75) is 18.9 Å². The minimum absolute atomic E-state index is 0.0612. The number of para-hydroxylation sites is 1. The zero-order valence-electron chi connectivity index (χ0n) is 16.2. The van der Waals surface area contributed by atoms with E-state index in [1.165, 1.54) is 13.2 Å². The van der Waals surface area contributed by atoms with Gasteiger partial charge in [-0.25, -0.2) is 0 Å². The van der Waals surface area contributed by atoms with Gasteiger partial charge in [0.1, 0.15) is 5.69 Å². The SMILES string of the molecule is COc1cc([C@@H]2c3cccc([N+](=O)[O-])c3N[C@H](c3ccccc3)[C@H]2C)ccc1O. The Balaban J connectivity index is 1.92. The van der Waals surface area contributed by atoms with E-state index in [4.69, 9.17) is 4.74 Å². The Morgan fingerprint density at radius 2 is 1.79 bits per heavy atom. The molecule has 6 heteroatoms. The number of nitrogens with zero attached hydrogens (tertiary/aromatic N) is 1. The van der Waals surface area contributed by atoms with Crippen LogP contribution < -0.4 is 10.1 Å². The lowest BCUT2D eigenvalue weighted by Crippen LogP contribution is -2.31. The summed E-state index contributed by atoms with van der Waals surface area (Å²) in [6.45, 7) is 2.14. The Morgan fingerprint density at radius 1 is 1.03 bits per heavy atom. The Bertz CT molecular complexity index is 1050. The van der Waals surface area contributed by atoms with Gasteiger partial charge in [0, 0.05) is 12.0 Å². The molecule has 0 bridgehead atoms. The maximum Gasteiger partial charge on any atom is 0.292 e. The number of rotatable bonds is 4.